The Balaban J connectivity index is 2.04. The monoisotopic (exact) mass is 224 g/mol. The van der Waals surface area contributed by atoms with E-state index in [0.29, 0.717) is 13.2 Å². The average molecular weight is 224 g/mol. The first-order valence-corrected chi connectivity index (χ1v) is 5.83. The lowest BCUT2D eigenvalue weighted by Gasteiger charge is -2.11. The molecule has 2 nitrogen and oxygen atoms in total. The van der Waals surface area contributed by atoms with E-state index in [9.17, 15) is 0 Å². The summed E-state index contributed by atoms with van der Waals surface area (Å²) in [4.78, 5) is 0. The highest BCUT2D eigenvalue weighted by Crippen LogP contribution is 2.18. The Hall–Kier alpha value is -1.58. The summed E-state index contributed by atoms with van der Waals surface area (Å²) in [5.41, 5.74) is 3.48. The molecule has 0 atom stereocenters. The van der Waals surface area contributed by atoms with Crippen molar-refractivity contribution in [3.63, 3.8) is 0 Å². The molecule has 0 N–H and O–H groups in total. The Morgan fingerprint density at radius 2 is 1.41 bits per heavy atom. The Labute approximate surface area is 101 Å². The van der Waals surface area contributed by atoms with Crippen molar-refractivity contribution in [1.82, 2.24) is 0 Å². The minimum absolute atomic E-state index is 0.216. The summed E-state index contributed by atoms with van der Waals surface area (Å²) in [6.45, 7) is 1.35. The normalized spacial score (nSPS) is 15.2. The highest BCUT2D eigenvalue weighted by atomic mass is 16.6. The third-order valence-electron chi connectivity index (χ3n) is 2.92. The fraction of sp³-hybridized carbons (Fsp3) is 0.143. The van der Waals surface area contributed by atoms with Crippen molar-refractivity contribution in [3.05, 3.63) is 54.6 Å². The average Bonchev–Trinajstić information content (AvgIpc) is 2.94. The lowest BCUT2D eigenvalue weighted by atomic mass is 9.75. The molecule has 84 valence electrons. The van der Waals surface area contributed by atoms with Crippen LogP contribution >= 0.6 is 0 Å². The van der Waals surface area contributed by atoms with Crippen molar-refractivity contribution in [1.29, 1.82) is 0 Å². The van der Waals surface area contributed by atoms with Crippen molar-refractivity contribution in [2.75, 3.05) is 13.2 Å². The minimum Gasteiger partial charge on any atom is -0.405 e. The molecule has 0 bridgehead atoms. The van der Waals surface area contributed by atoms with Gasteiger partial charge in [-0.15, -0.1) is 0 Å². The zero-order chi connectivity index (χ0) is 11.5. The standard InChI is InChI=1S/C14H13BO2/c1-2-6-12(7-3-1)13-8-4-5-9-14(13)15-16-10-11-17-15/h1-9H,10-11H2. The summed E-state index contributed by atoms with van der Waals surface area (Å²) < 4.78 is 11.2. The second kappa shape index (κ2) is 4.74. The van der Waals surface area contributed by atoms with Crippen LogP contribution in [0.5, 0.6) is 0 Å². The summed E-state index contributed by atoms with van der Waals surface area (Å²) in [6.07, 6.45) is 0. The molecule has 1 aliphatic rings. The van der Waals surface area contributed by atoms with Gasteiger partial charge in [0.25, 0.3) is 0 Å². The van der Waals surface area contributed by atoms with E-state index in [1.807, 2.05) is 30.3 Å². The first kappa shape index (κ1) is 10.6. The van der Waals surface area contributed by atoms with Gasteiger partial charge in [0.2, 0.25) is 0 Å². The van der Waals surface area contributed by atoms with Crippen molar-refractivity contribution in [2.24, 2.45) is 0 Å². The summed E-state index contributed by atoms with van der Waals surface area (Å²) in [6, 6.07) is 18.6. The highest BCUT2D eigenvalue weighted by molar-refractivity contribution is 6.63. The first-order chi connectivity index (χ1) is 8.45. The lowest BCUT2D eigenvalue weighted by Crippen LogP contribution is -2.33. The van der Waals surface area contributed by atoms with E-state index in [-0.39, 0.29) is 7.12 Å². The minimum atomic E-state index is -0.216. The van der Waals surface area contributed by atoms with Gasteiger partial charge in [-0.1, -0.05) is 54.6 Å². The van der Waals surface area contributed by atoms with E-state index in [1.165, 1.54) is 11.1 Å². The van der Waals surface area contributed by atoms with Crippen molar-refractivity contribution in [3.8, 4) is 11.1 Å². The zero-order valence-corrected chi connectivity index (χ0v) is 9.50. The second-order valence-electron chi connectivity index (χ2n) is 4.03. The molecule has 1 fully saturated rings. The van der Waals surface area contributed by atoms with Gasteiger partial charge in [-0.2, -0.15) is 0 Å². The van der Waals surface area contributed by atoms with E-state index in [2.05, 4.69) is 24.3 Å². The fourth-order valence-electron chi connectivity index (χ4n) is 2.12. The van der Waals surface area contributed by atoms with Crippen LogP contribution in [-0.2, 0) is 9.31 Å². The molecule has 1 heterocycles. The quantitative estimate of drug-likeness (QED) is 0.727. The molecular weight excluding hydrogens is 211 g/mol. The molecule has 1 aliphatic heterocycles. The largest absolute Gasteiger partial charge is 0.494 e. The third kappa shape index (κ3) is 2.12. The van der Waals surface area contributed by atoms with Crippen LogP contribution in [0.4, 0.5) is 0 Å². The van der Waals surface area contributed by atoms with Gasteiger partial charge in [0.1, 0.15) is 0 Å². The number of rotatable bonds is 2. The molecule has 2 aromatic rings. The summed E-state index contributed by atoms with van der Waals surface area (Å²) in [7, 11) is -0.216. The van der Waals surface area contributed by atoms with E-state index < -0.39 is 0 Å². The Morgan fingerprint density at radius 3 is 2.18 bits per heavy atom. The smallest absolute Gasteiger partial charge is 0.405 e. The van der Waals surface area contributed by atoms with E-state index >= 15 is 0 Å². The van der Waals surface area contributed by atoms with E-state index in [1.54, 1.807) is 0 Å². The van der Waals surface area contributed by atoms with Crippen LogP contribution in [-0.4, -0.2) is 20.3 Å². The second-order valence-corrected chi connectivity index (χ2v) is 4.03. The number of hydrogen-bond donors (Lipinski definition) is 0. The van der Waals surface area contributed by atoms with Crippen LogP contribution in [0.1, 0.15) is 0 Å². The van der Waals surface area contributed by atoms with Crippen LogP contribution in [0.15, 0.2) is 54.6 Å². The highest BCUT2D eigenvalue weighted by Gasteiger charge is 2.28. The van der Waals surface area contributed by atoms with Crippen LogP contribution < -0.4 is 5.46 Å². The molecule has 0 amide bonds. The van der Waals surface area contributed by atoms with Gasteiger partial charge in [0.15, 0.2) is 0 Å². The molecule has 0 saturated carbocycles. The van der Waals surface area contributed by atoms with Crippen molar-refractivity contribution < 1.29 is 9.31 Å². The predicted octanol–water partition coefficient (Wildman–Crippen LogP) is 2.10. The maximum Gasteiger partial charge on any atom is 0.494 e. The molecule has 1 saturated heterocycles. The van der Waals surface area contributed by atoms with Gasteiger partial charge in [0.05, 0.1) is 13.2 Å². The van der Waals surface area contributed by atoms with Crippen molar-refractivity contribution >= 4 is 12.6 Å². The topological polar surface area (TPSA) is 18.5 Å². The molecule has 0 spiro atoms. The molecule has 0 radical (unpaired) electrons. The predicted molar refractivity (Wildman–Crippen MR) is 69.2 cm³/mol. The molecular formula is C14H13BO2. The molecule has 2 aromatic carbocycles. The van der Waals surface area contributed by atoms with Crippen LogP contribution in [0, 0.1) is 0 Å². The fourth-order valence-corrected chi connectivity index (χ4v) is 2.12. The summed E-state index contributed by atoms with van der Waals surface area (Å²) in [5.74, 6) is 0. The SMILES string of the molecule is c1ccc(-c2ccccc2B2OCCO2)cc1. The zero-order valence-electron chi connectivity index (χ0n) is 9.50. The van der Waals surface area contributed by atoms with E-state index in [0.717, 1.165) is 5.46 Å². The molecule has 3 rings (SSSR count). The Kier molecular flexibility index (Phi) is 2.95. The van der Waals surface area contributed by atoms with Crippen LogP contribution in [0.3, 0.4) is 0 Å². The summed E-state index contributed by atoms with van der Waals surface area (Å²) in [5, 5.41) is 0. The molecule has 17 heavy (non-hydrogen) atoms. The number of hydrogen-bond acceptors (Lipinski definition) is 2. The molecule has 0 aromatic heterocycles. The van der Waals surface area contributed by atoms with Gasteiger partial charge in [-0.3, -0.25) is 0 Å². The van der Waals surface area contributed by atoms with Crippen LogP contribution in [0.25, 0.3) is 11.1 Å². The first-order valence-electron chi connectivity index (χ1n) is 5.83. The van der Waals surface area contributed by atoms with Crippen molar-refractivity contribution in [2.45, 2.75) is 0 Å². The number of benzene rings is 2. The third-order valence-corrected chi connectivity index (χ3v) is 2.92. The molecule has 3 heteroatoms. The van der Waals surface area contributed by atoms with Crippen LogP contribution in [0.2, 0.25) is 0 Å². The molecule has 0 aliphatic carbocycles. The van der Waals surface area contributed by atoms with Gasteiger partial charge in [-0.05, 0) is 16.6 Å². The Bertz CT molecular complexity index is 493. The maximum absolute atomic E-state index is 5.58. The molecule has 0 unspecified atom stereocenters. The van der Waals surface area contributed by atoms with Gasteiger partial charge in [-0.25, -0.2) is 0 Å². The Morgan fingerprint density at radius 1 is 0.765 bits per heavy atom. The van der Waals surface area contributed by atoms with Gasteiger partial charge in [0, 0.05) is 0 Å². The van der Waals surface area contributed by atoms with Gasteiger partial charge < -0.3 is 9.31 Å². The maximum atomic E-state index is 5.58. The lowest BCUT2D eigenvalue weighted by molar-refractivity contribution is 0.365. The summed E-state index contributed by atoms with van der Waals surface area (Å²) >= 11 is 0. The van der Waals surface area contributed by atoms with Gasteiger partial charge >= 0.3 is 7.12 Å². The van der Waals surface area contributed by atoms with E-state index in [4.69, 9.17) is 9.31 Å².